The number of allylic oxidation sites excluding steroid dienone is 2. The van der Waals surface area contributed by atoms with E-state index in [0.29, 0.717) is 13.2 Å². The summed E-state index contributed by atoms with van der Waals surface area (Å²) in [4.78, 5) is 61.5. The van der Waals surface area contributed by atoms with Crippen molar-refractivity contribution in [1.82, 2.24) is 9.88 Å². The standard InChI is InChI=1S/C49H61N3O15/c1-23-13-12-14-24(2)48(60)51-39-43(58)35-34(38-46(39)66-33-22-30(21-31(54)37(33)50-38)63-20-19-62-18-16-52(9)10)36-45(28(6)42(35)57)67-49(8,47(36)59)64-17-15-32(61-11)25(3)44(65-29(7)53)27(5)41(56)26(4)40(23)55/h12-15,17,21-23,25-27,32,40-41,44,55-57,59H,16,18-20H2,1-11H3,(H,51,60)/b13-12+,17-15+,24-14-/t23-,25+,26+,27+,32-,40-,41+,44+,49-/m0/s1. The molecule has 18 nitrogen and oxygen atoms in total. The van der Waals surface area contributed by atoms with Crippen LogP contribution in [0.5, 0.6) is 17.2 Å². The molecule has 1 amide bonds. The van der Waals surface area contributed by atoms with Crippen LogP contribution in [-0.4, -0.2) is 120 Å². The van der Waals surface area contributed by atoms with Gasteiger partial charge in [-0.25, -0.2) is 4.98 Å². The van der Waals surface area contributed by atoms with Gasteiger partial charge in [-0.15, -0.1) is 0 Å². The van der Waals surface area contributed by atoms with E-state index in [-0.39, 0.29) is 74.0 Å². The van der Waals surface area contributed by atoms with Crippen LogP contribution in [-0.2, 0) is 28.5 Å². The molecule has 1 aromatic heterocycles. The van der Waals surface area contributed by atoms with Crippen molar-refractivity contribution >= 4 is 56.3 Å². The molecule has 0 saturated heterocycles. The number of benzene rings is 3. The molecule has 67 heavy (non-hydrogen) atoms. The number of phenolic OH excluding ortho intramolecular Hbond substituents is 1. The molecule has 0 fully saturated rings. The van der Waals surface area contributed by atoms with Crippen LogP contribution in [0.15, 0.2) is 62.3 Å². The van der Waals surface area contributed by atoms with Crippen LogP contribution >= 0.6 is 0 Å². The highest BCUT2D eigenvalue weighted by Crippen LogP contribution is 2.42. The number of aliphatic hydroxyl groups excluding tert-OH is 3. The van der Waals surface area contributed by atoms with Crippen LogP contribution in [0.4, 0.5) is 5.69 Å². The van der Waals surface area contributed by atoms with Gasteiger partial charge in [0.25, 0.3) is 5.91 Å². The molecular formula is C49H61N3O15. The lowest BCUT2D eigenvalue weighted by molar-refractivity contribution is -0.160. The molecule has 362 valence electrons. The molecule has 3 aromatic carbocycles. The van der Waals surface area contributed by atoms with Gasteiger partial charge < -0.3 is 63.5 Å². The van der Waals surface area contributed by atoms with Crippen LogP contribution in [0.25, 0.3) is 38.7 Å². The number of methoxy groups -OCH3 is 1. The predicted octanol–water partition coefficient (Wildman–Crippen LogP) is 4.52. The lowest BCUT2D eigenvalue weighted by atomic mass is 9.78. The molecule has 6 rings (SSSR count). The van der Waals surface area contributed by atoms with E-state index in [9.17, 15) is 39.6 Å². The molecule has 2 aliphatic heterocycles. The molecule has 18 heteroatoms. The number of anilines is 1. The second-order valence-electron chi connectivity index (χ2n) is 17.8. The van der Waals surface area contributed by atoms with Crippen molar-refractivity contribution in [2.24, 2.45) is 23.7 Å². The molecule has 3 heterocycles. The van der Waals surface area contributed by atoms with Crippen molar-refractivity contribution in [3.8, 4) is 17.2 Å². The summed E-state index contributed by atoms with van der Waals surface area (Å²) in [5.41, 5.74) is -2.59. The van der Waals surface area contributed by atoms with Gasteiger partial charge in [0.05, 0.1) is 48.4 Å². The molecule has 2 aliphatic rings. The third kappa shape index (κ3) is 10.1. The predicted molar refractivity (Wildman–Crippen MR) is 250 cm³/mol. The Morgan fingerprint density at radius 3 is 2.33 bits per heavy atom. The van der Waals surface area contributed by atoms with Gasteiger partial charge in [0.15, 0.2) is 22.4 Å². The Morgan fingerprint density at radius 2 is 1.66 bits per heavy atom. The van der Waals surface area contributed by atoms with E-state index in [0.717, 1.165) is 0 Å². The lowest BCUT2D eigenvalue weighted by Crippen LogP contribution is -2.46. The first-order chi connectivity index (χ1) is 31.6. The number of aromatic hydroxyl groups is 1. The highest BCUT2D eigenvalue weighted by Gasteiger charge is 2.44. The molecule has 0 unspecified atom stereocenters. The Morgan fingerprint density at radius 1 is 0.940 bits per heavy atom. The Bertz CT molecular complexity index is 2820. The van der Waals surface area contributed by atoms with Crippen LogP contribution in [0.3, 0.4) is 0 Å². The van der Waals surface area contributed by atoms with Crippen LogP contribution < -0.4 is 30.9 Å². The van der Waals surface area contributed by atoms with Gasteiger partial charge in [-0.05, 0) is 34.0 Å². The fourth-order valence-corrected chi connectivity index (χ4v) is 8.52. The van der Waals surface area contributed by atoms with E-state index < -0.39 is 93.8 Å². The molecule has 0 aliphatic carbocycles. The Kier molecular flexibility index (Phi) is 15.4. The molecule has 5 N–H and O–H groups in total. The summed E-state index contributed by atoms with van der Waals surface area (Å²) in [6.07, 6.45) is 3.42. The third-order valence-corrected chi connectivity index (χ3v) is 12.6. The smallest absolute Gasteiger partial charge is 0.307 e. The second-order valence-corrected chi connectivity index (χ2v) is 17.8. The number of aromatic nitrogens is 1. The van der Waals surface area contributed by atoms with Gasteiger partial charge in [-0.1, -0.05) is 45.9 Å². The number of hydrogen-bond donors (Lipinski definition) is 5. The monoisotopic (exact) mass is 931 g/mol. The number of ether oxygens (including phenoxy) is 6. The number of phenols is 1. The van der Waals surface area contributed by atoms with Crippen LogP contribution in [0.1, 0.15) is 54.0 Å². The summed E-state index contributed by atoms with van der Waals surface area (Å²) in [7, 11) is 5.27. The highest BCUT2D eigenvalue weighted by molar-refractivity contribution is 6.16. The summed E-state index contributed by atoms with van der Waals surface area (Å²) < 4.78 is 41.7. The number of carbonyl (C=O) groups excluding carboxylic acids is 2. The minimum absolute atomic E-state index is 0.0336. The first-order valence-electron chi connectivity index (χ1n) is 22.1. The summed E-state index contributed by atoms with van der Waals surface area (Å²) in [5.74, 6) is -6.99. The van der Waals surface area contributed by atoms with Gasteiger partial charge in [-0.2, -0.15) is 0 Å². The third-order valence-electron chi connectivity index (χ3n) is 12.6. The first kappa shape index (κ1) is 50.4. The number of nitrogens with zero attached hydrogens (tertiary/aromatic N) is 2. The Hall–Kier alpha value is -6.05. The van der Waals surface area contributed by atoms with E-state index in [1.807, 2.05) is 19.0 Å². The number of likely N-dealkylation sites (N-methyl/N-ethyl adjacent to an activating group) is 1. The maximum atomic E-state index is 14.8. The van der Waals surface area contributed by atoms with Crippen molar-refractivity contribution < 1.29 is 62.9 Å². The number of aliphatic hydroxyl groups is 3. The number of amides is 1. The quantitative estimate of drug-likeness (QED) is 0.0670. The lowest BCUT2D eigenvalue weighted by Gasteiger charge is -2.38. The van der Waals surface area contributed by atoms with Gasteiger partial charge in [0.2, 0.25) is 10.9 Å². The number of fused-ring (bicyclic) bond motifs is 2. The van der Waals surface area contributed by atoms with Crippen molar-refractivity contribution in [2.75, 3.05) is 52.9 Å². The van der Waals surface area contributed by atoms with E-state index >= 15 is 0 Å². The van der Waals surface area contributed by atoms with Gasteiger partial charge in [0, 0.05) is 79.8 Å². The largest absolute Gasteiger partial charge is 0.507 e. The SMILES string of the molecule is CO[C@H]1/C=C/O[C@@]2(C)Oc3c(C)c(O)c4c(=O)c(c5oc6cc(OCCOCCN(C)C)cc(=O)c6nc5c4c3=C2O)NC(=O)/C(C)=C\C=C\[C@H](C)[C@H](O)[C@@H](C)[C@@H](O)[C@@H](C)[C@H](OC(C)=O)[C@@H]1C. The zero-order valence-electron chi connectivity index (χ0n) is 39.7. The molecule has 0 saturated carbocycles. The summed E-state index contributed by atoms with van der Waals surface area (Å²) in [6.45, 7) is 14.0. The van der Waals surface area contributed by atoms with Crippen LogP contribution in [0.2, 0.25) is 0 Å². The van der Waals surface area contributed by atoms with Gasteiger partial charge >= 0.3 is 11.8 Å². The molecule has 0 radical (unpaired) electrons. The average molecular weight is 932 g/mol. The second kappa shape index (κ2) is 20.4. The maximum absolute atomic E-state index is 14.8. The zero-order chi connectivity index (χ0) is 49.2. The fourth-order valence-electron chi connectivity index (χ4n) is 8.52. The normalized spacial score (nSPS) is 28.0. The summed E-state index contributed by atoms with van der Waals surface area (Å²) in [6, 6.07) is 2.63. The topological polar surface area (TPSA) is 246 Å². The van der Waals surface area contributed by atoms with E-state index in [1.54, 1.807) is 39.8 Å². The number of rotatable bonds is 9. The molecule has 4 aromatic rings. The maximum Gasteiger partial charge on any atom is 0.307 e. The summed E-state index contributed by atoms with van der Waals surface area (Å²) in [5, 5.41) is 49.0. The minimum Gasteiger partial charge on any atom is -0.507 e. The van der Waals surface area contributed by atoms with E-state index in [2.05, 4.69) is 5.32 Å². The molecule has 4 bridgehead atoms. The Balaban J connectivity index is 1.58. The van der Waals surface area contributed by atoms with Crippen LogP contribution in [0, 0.1) is 30.6 Å². The fraction of sp³-hybridized carbons (Fsp3) is 0.490. The van der Waals surface area contributed by atoms with Crippen molar-refractivity contribution in [1.29, 1.82) is 0 Å². The number of nitrogens with one attached hydrogen (secondary N) is 1. The van der Waals surface area contributed by atoms with E-state index in [1.165, 1.54) is 65.4 Å². The average Bonchev–Trinajstić information content (AvgIpc) is 3.54. The molecule has 0 spiro atoms. The zero-order valence-corrected chi connectivity index (χ0v) is 39.7. The Labute approximate surface area is 387 Å². The van der Waals surface area contributed by atoms with Gasteiger partial charge in [0.1, 0.15) is 41.2 Å². The highest BCUT2D eigenvalue weighted by atomic mass is 16.7. The van der Waals surface area contributed by atoms with Crippen molar-refractivity contribution in [3.05, 3.63) is 79.5 Å². The number of esters is 1. The van der Waals surface area contributed by atoms with Gasteiger partial charge in [-0.3, -0.25) is 19.2 Å². The van der Waals surface area contributed by atoms with E-state index in [4.69, 9.17) is 37.8 Å². The summed E-state index contributed by atoms with van der Waals surface area (Å²) >= 11 is 0. The molecule has 9 atom stereocenters. The van der Waals surface area contributed by atoms with Crippen molar-refractivity contribution in [2.45, 2.75) is 85.6 Å². The first-order valence-corrected chi connectivity index (χ1v) is 22.1. The minimum atomic E-state index is -2.00. The molecular weight excluding hydrogens is 871 g/mol. The van der Waals surface area contributed by atoms with Crippen molar-refractivity contribution in [3.63, 3.8) is 0 Å². The number of carbonyl (C=O) groups is 2. The number of hydrogen-bond acceptors (Lipinski definition) is 17.